The van der Waals surface area contributed by atoms with Crippen LogP contribution < -0.4 is 0 Å². The number of imidazole rings is 1. The first-order valence-electron chi connectivity index (χ1n) is 7.66. The van der Waals surface area contributed by atoms with Crippen LogP contribution in [0, 0.1) is 0 Å². The number of alkyl halides is 2. The molecule has 3 aromatic rings. The molecule has 2 heterocycles. The Balaban J connectivity index is 1.67. The predicted molar refractivity (Wildman–Crippen MR) is 87.0 cm³/mol. The molecular weight excluding hydrogens is 328 g/mol. The second kappa shape index (κ2) is 7.25. The van der Waals surface area contributed by atoms with Crippen LogP contribution in [0.3, 0.4) is 0 Å². The first kappa shape index (κ1) is 16.8. The number of carbonyl (C=O) groups is 1. The molecule has 6 nitrogen and oxygen atoms in total. The Bertz CT molecular complexity index is 844. The van der Waals surface area contributed by atoms with E-state index in [-0.39, 0.29) is 18.3 Å². The zero-order chi connectivity index (χ0) is 17.8. The SMILES string of the molecule is CN(Cc1nccn1C(F)F)C(=O)c1cnn(Cc2ccccc2)c1. The summed E-state index contributed by atoms with van der Waals surface area (Å²) in [6, 6.07) is 9.74. The van der Waals surface area contributed by atoms with Crippen molar-refractivity contribution in [3.63, 3.8) is 0 Å². The molecule has 0 saturated heterocycles. The number of nitrogens with zero attached hydrogens (tertiary/aromatic N) is 5. The quantitative estimate of drug-likeness (QED) is 0.690. The van der Waals surface area contributed by atoms with Crippen LogP contribution in [0.2, 0.25) is 0 Å². The van der Waals surface area contributed by atoms with Crippen molar-refractivity contribution in [1.82, 2.24) is 24.2 Å². The molecule has 0 aliphatic heterocycles. The maximum Gasteiger partial charge on any atom is 0.319 e. The molecule has 0 unspecified atom stereocenters. The number of amides is 1. The van der Waals surface area contributed by atoms with Crippen LogP contribution >= 0.6 is 0 Å². The fourth-order valence-electron chi connectivity index (χ4n) is 2.48. The lowest BCUT2D eigenvalue weighted by Gasteiger charge is -2.16. The fraction of sp³-hybridized carbons (Fsp3) is 0.235. The predicted octanol–water partition coefficient (Wildman–Crippen LogP) is 2.80. The number of hydrogen-bond acceptors (Lipinski definition) is 3. The van der Waals surface area contributed by atoms with Crippen LogP contribution in [0.1, 0.15) is 28.3 Å². The molecule has 0 spiro atoms. The lowest BCUT2D eigenvalue weighted by molar-refractivity contribution is 0.0612. The van der Waals surface area contributed by atoms with Gasteiger partial charge in [0, 0.05) is 25.6 Å². The van der Waals surface area contributed by atoms with Crippen molar-refractivity contribution in [3.8, 4) is 0 Å². The molecule has 0 aliphatic rings. The molecule has 0 saturated carbocycles. The summed E-state index contributed by atoms with van der Waals surface area (Å²) in [5, 5.41) is 4.19. The zero-order valence-electron chi connectivity index (χ0n) is 13.6. The average molecular weight is 345 g/mol. The van der Waals surface area contributed by atoms with E-state index in [4.69, 9.17) is 0 Å². The minimum atomic E-state index is -2.69. The second-order valence-corrected chi connectivity index (χ2v) is 5.60. The van der Waals surface area contributed by atoms with E-state index in [1.165, 1.54) is 23.5 Å². The standard InChI is InChI=1S/C17H17F2N5O/c1-22(12-15-20-7-8-24(15)17(18)19)16(25)14-9-21-23(11-14)10-13-5-3-2-4-6-13/h2-9,11,17H,10,12H2,1H3. The monoisotopic (exact) mass is 345 g/mol. The Morgan fingerprint density at radius 3 is 2.76 bits per heavy atom. The summed E-state index contributed by atoms with van der Waals surface area (Å²) in [7, 11) is 1.54. The smallest absolute Gasteiger partial charge is 0.319 e. The Morgan fingerprint density at radius 2 is 2.04 bits per heavy atom. The number of carbonyl (C=O) groups excluding carboxylic acids is 1. The minimum absolute atomic E-state index is 0.0139. The van der Waals surface area contributed by atoms with Crippen molar-refractivity contribution in [1.29, 1.82) is 0 Å². The van der Waals surface area contributed by atoms with Gasteiger partial charge in [0.2, 0.25) is 0 Å². The molecule has 0 atom stereocenters. The fourth-order valence-corrected chi connectivity index (χ4v) is 2.48. The summed E-state index contributed by atoms with van der Waals surface area (Å²) < 4.78 is 28.1. The van der Waals surface area contributed by atoms with Crippen LogP contribution in [-0.4, -0.2) is 37.2 Å². The average Bonchev–Trinajstić information content (AvgIpc) is 3.24. The molecule has 0 N–H and O–H groups in total. The first-order valence-corrected chi connectivity index (χ1v) is 7.66. The van der Waals surface area contributed by atoms with Gasteiger partial charge in [-0.05, 0) is 5.56 Å². The van der Waals surface area contributed by atoms with Gasteiger partial charge >= 0.3 is 6.55 Å². The van der Waals surface area contributed by atoms with Gasteiger partial charge in [0.05, 0.1) is 24.8 Å². The van der Waals surface area contributed by atoms with Gasteiger partial charge in [-0.1, -0.05) is 30.3 Å². The van der Waals surface area contributed by atoms with E-state index in [0.717, 1.165) is 10.1 Å². The summed E-state index contributed by atoms with van der Waals surface area (Å²) >= 11 is 0. The van der Waals surface area contributed by atoms with E-state index in [0.29, 0.717) is 12.1 Å². The van der Waals surface area contributed by atoms with E-state index in [2.05, 4.69) is 10.1 Å². The van der Waals surface area contributed by atoms with Gasteiger partial charge in [-0.25, -0.2) is 4.98 Å². The largest absolute Gasteiger partial charge is 0.334 e. The van der Waals surface area contributed by atoms with Crippen molar-refractivity contribution in [2.45, 2.75) is 19.6 Å². The first-order chi connectivity index (χ1) is 12.0. The maximum atomic E-state index is 12.9. The van der Waals surface area contributed by atoms with Gasteiger partial charge in [0.25, 0.3) is 5.91 Å². The topological polar surface area (TPSA) is 56.0 Å². The van der Waals surface area contributed by atoms with Gasteiger partial charge in [-0.3, -0.25) is 14.0 Å². The molecule has 1 amide bonds. The molecule has 0 fully saturated rings. The number of aromatic nitrogens is 4. The number of benzene rings is 1. The molecule has 3 rings (SSSR count). The second-order valence-electron chi connectivity index (χ2n) is 5.60. The third-order valence-electron chi connectivity index (χ3n) is 3.75. The molecule has 130 valence electrons. The van der Waals surface area contributed by atoms with Crippen LogP contribution in [0.4, 0.5) is 8.78 Å². The highest BCUT2D eigenvalue weighted by atomic mass is 19.3. The number of rotatable bonds is 6. The minimum Gasteiger partial charge on any atom is -0.334 e. The third-order valence-corrected chi connectivity index (χ3v) is 3.75. The van der Waals surface area contributed by atoms with Crippen molar-refractivity contribution in [2.24, 2.45) is 0 Å². The highest BCUT2D eigenvalue weighted by molar-refractivity contribution is 5.93. The lowest BCUT2D eigenvalue weighted by atomic mass is 10.2. The molecule has 0 radical (unpaired) electrons. The molecule has 0 bridgehead atoms. The zero-order valence-corrected chi connectivity index (χ0v) is 13.6. The molecule has 25 heavy (non-hydrogen) atoms. The molecule has 1 aromatic carbocycles. The Kier molecular flexibility index (Phi) is 4.87. The summed E-state index contributed by atoms with van der Waals surface area (Å²) in [4.78, 5) is 17.7. The van der Waals surface area contributed by atoms with E-state index < -0.39 is 6.55 Å². The van der Waals surface area contributed by atoms with E-state index >= 15 is 0 Å². The van der Waals surface area contributed by atoms with E-state index in [9.17, 15) is 13.6 Å². The van der Waals surface area contributed by atoms with Gasteiger partial charge in [-0.2, -0.15) is 13.9 Å². The number of hydrogen-bond donors (Lipinski definition) is 0. The number of halogens is 2. The van der Waals surface area contributed by atoms with Crippen LogP contribution in [-0.2, 0) is 13.1 Å². The molecule has 2 aromatic heterocycles. The summed E-state index contributed by atoms with van der Waals surface area (Å²) in [5.74, 6) is -0.175. The molecule has 0 aliphatic carbocycles. The Hall–Kier alpha value is -3.03. The van der Waals surface area contributed by atoms with Crippen LogP contribution in [0.15, 0.2) is 55.1 Å². The highest BCUT2D eigenvalue weighted by Gasteiger charge is 2.18. The van der Waals surface area contributed by atoms with Crippen molar-refractivity contribution in [2.75, 3.05) is 7.05 Å². The summed E-state index contributed by atoms with van der Waals surface area (Å²) in [5.41, 5.74) is 1.46. The van der Waals surface area contributed by atoms with Gasteiger partial charge in [-0.15, -0.1) is 0 Å². The third kappa shape index (κ3) is 3.90. The highest BCUT2D eigenvalue weighted by Crippen LogP contribution is 2.14. The van der Waals surface area contributed by atoms with Crippen LogP contribution in [0.25, 0.3) is 0 Å². The Labute approximate surface area is 143 Å². The lowest BCUT2D eigenvalue weighted by Crippen LogP contribution is -2.27. The van der Waals surface area contributed by atoms with Gasteiger partial charge < -0.3 is 4.90 Å². The van der Waals surface area contributed by atoms with Crippen molar-refractivity contribution < 1.29 is 13.6 Å². The van der Waals surface area contributed by atoms with Crippen molar-refractivity contribution in [3.05, 3.63) is 72.1 Å². The van der Waals surface area contributed by atoms with Gasteiger partial charge in [0.1, 0.15) is 5.82 Å². The van der Waals surface area contributed by atoms with E-state index in [1.807, 2.05) is 30.3 Å². The Morgan fingerprint density at radius 1 is 1.28 bits per heavy atom. The van der Waals surface area contributed by atoms with Gasteiger partial charge in [0.15, 0.2) is 0 Å². The van der Waals surface area contributed by atoms with E-state index in [1.54, 1.807) is 17.9 Å². The molecule has 8 heteroatoms. The van der Waals surface area contributed by atoms with Crippen molar-refractivity contribution >= 4 is 5.91 Å². The summed E-state index contributed by atoms with van der Waals surface area (Å²) in [6.45, 7) is -2.15. The summed E-state index contributed by atoms with van der Waals surface area (Å²) in [6.07, 6.45) is 5.60. The maximum absolute atomic E-state index is 12.9. The van der Waals surface area contributed by atoms with Crippen LogP contribution in [0.5, 0.6) is 0 Å². The molecular formula is C17H17F2N5O. The normalized spacial score (nSPS) is 11.0.